The first-order chi connectivity index (χ1) is 9.34. The van der Waals surface area contributed by atoms with Crippen LogP contribution in [0.3, 0.4) is 0 Å². The molecule has 0 fully saturated rings. The average molecular weight is 299 g/mol. The first kappa shape index (κ1) is 16.3. The highest BCUT2D eigenvalue weighted by molar-refractivity contribution is 6.31. The number of nitrogens with one attached hydrogen (secondary N) is 1. The molecule has 0 bridgehead atoms. The molecule has 1 aromatic rings. The van der Waals surface area contributed by atoms with Crippen LogP contribution < -0.4 is 11.1 Å². The Balaban J connectivity index is 2.83. The Morgan fingerprint density at radius 3 is 2.35 bits per heavy atom. The molecule has 0 aliphatic rings. The quantitative estimate of drug-likeness (QED) is 0.704. The standard InChI is InChI=1S/C14H19ClN2O3/c1-3-14(4-2,13(19)20)8-17-12(18)9-5-10(15)7-11(16)6-9/h5-7H,3-4,8,16H2,1-2H3,(H,17,18)(H,19,20). The van der Waals surface area contributed by atoms with E-state index in [0.717, 1.165) is 0 Å². The van der Waals surface area contributed by atoms with Crippen LogP contribution in [0.5, 0.6) is 0 Å². The third kappa shape index (κ3) is 3.63. The van der Waals surface area contributed by atoms with Crippen LogP contribution >= 0.6 is 11.6 Å². The lowest BCUT2D eigenvalue weighted by molar-refractivity contribution is -0.149. The fraction of sp³-hybridized carbons (Fsp3) is 0.429. The number of halogens is 1. The number of amides is 1. The Morgan fingerprint density at radius 1 is 1.30 bits per heavy atom. The van der Waals surface area contributed by atoms with E-state index in [1.165, 1.54) is 18.2 Å². The predicted octanol–water partition coefficient (Wildman–Crippen LogP) is 2.54. The van der Waals surface area contributed by atoms with Crippen LogP contribution in [-0.4, -0.2) is 23.5 Å². The van der Waals surface area contributed by atoms with Gasteiger partial charge in [0.1, 0.15) is 0 Å². The highest BCUT2D eigenvalue weighted by Crippen LogP contribution is 2.26. The molecule has 1 rings (SSSR count). The number of carbonyl (C=O) groups is 2. The number of carboxylic acid groups (broad SMARTS) is 1. The van der Waals surface area contributed by atoms with E-state index in [0.29, 0.717) is 29.1 Å². The second-order valence-electron chi connectivity index (χ2n) is 4.75. The van der Waals surface area contributed by atoms with Crippen molar-refractivity contribution in [1.82, 2.24) is 5.32 Å². The van der Waals surface area contributed by atoms with Gasteiger partial charge in [0.15, 0.2) is 0 Å². The van der Waals surface area contributed by atoms with E-state index in [9.17, 15) is 14.7 Å². The molecule has 0 unspecified atom stereocenters. The van der Waals surface area contributed by atoms with Crippen LogP contribution in [0.25, 0.3) is 0 Å². The normalized spacial score (nSPS) is 11.2. The van der Waals surface area contributed by atoms with Crippen molar-refractivity contribution in [3.8, 4) is 0 Å². The molecule has 20 heavy (non-hydrogen) atoms. The van der Waals surface area contributed by atoms with E-state index in [-0.39, 0.29) is 12.5 Å². The first-order valence-corrected chi connectivity index (χ1v) is 6.80. The van der Waals surface area contributed by atoms with Gasteiger partial charge < -0.3 is 16.2 Å². The Bertz CT molecular complexity index is 493. The molecule has 4 N–H and O–H groups in total. The van der Waals surface area contributed by atoms with Crippen LogP contribution in [0.15, 0.2) is 18.2 Å². The van der Waals surface area contributed by atoms with Crippen molar-refractivity contribution in [3.63, 3.8) is 0 Å². The molecule has 0 aliphatic heterocycles. The lowest BCUT2D eigenvalue weighted by Crippen LogP contribution is -2.42. The third-order valence-electron chi connectivity index (χ3n) is 3.58. The molecule has 110 valence electrons. The molecule has 6 heteroatoms. The van der Waals surface area contributed by atoms with Crippen LogP contribution in [-0.2, 0) is 4.79 Å². The van der Waals surface area contributed by atoms with E-state index in [1.807, 2.05) is 0 Å². The van der Waals surface area contributed by atoms with Gasteiger partial charge in [0.05, 0.1) is 5.41 Å². The lowest BCUT2D eigenvalue weighted by atomic mass is 9.82. The van der Waals surface area contributed by atoms with E-state index in [4.69, 9.17) is 17.3 Å². The summed E-state index contributed by atoms with van der Waals surface area (Å²) in [6.07, 6.45) is 0.883. The molecule has 0 saturated heterocycles. The van der Waals surface area contributed by atoms with Crippen molar-refractivity contribution < 1.29 is 14.7 Å². The number of rotatable bonds is 6. The van der Waals surface area contributed by atoms with Crippen LogP contribution in [0.4, 0.5) is 5.69 Å². The van der Waals surface area contributed by atoms with Gasteiger partial charge in [-0.25, -0.2) is 0 Å². The number of nitrogens with two attached hydrogens (primary N) is 1. The molecule has 0 spiro atoms. The van der Waals surface area contributed by atoms with Gasteiger partial charge in [-0.1, -0.05) is 25.4 Å². The minimum atomic E-state index is -0.945. The largest absolute Gasteiger partial charge is 0.481 e. The van der Waals surface area contributed by atoms with Gasteiger partial charge in [0, 0.05) is 22.8 Å². The topological polar surface area (TPSA) is 92.4 Å². The molecule has 1 amide bonds. The van der Waals surface area contributed by atoms with Gasteiger partial charge >= 0.3 is 5.97 Å². The predicted molar refractivity (Wildman–Crippen MR) is 78.8 cm³/mol. The van der Waals surface area contributed by atoms with Crippen molar-refractivity contribution in [2.24, 2.45) is 5.41 Å². The van der Waals surface area contributed by atoms with Crippen LogP contribution in [0.2, 0.25) is 5.02 Å². The molecule has 0 aliphatic carbocycles. The van der Waals surface area contributed by atoms with Crippen molar-refractivity contribution in [3.05, 3.63) is 28.8 Å². The Morgan fingerprint density at radius 2 is 1.90 bits per heavy atom. The molecule has 0 atom stereocenters. The number of aliphatic carboxylic acids is 1. The van der Waals surface area contributed by atoms with Gasteiger partial charge in [0.2, 0.25) is 0 Å². The first-order valence-electron chi connectivity index (χ1n) is 6.42. The molecule has 5 nitrogen and oxygen atoms in total. The molecule has 0 aromatic heterocycles. The number of hydrogen-bond donors (Lipinski definition) is 3. The summed E-state index contributed by atoms with van der Waals surface area (Å²) >= 11 is 5.84. The maximum absolute atomic E-state index is 12.0. The molecular weight excluding hydrogens is 280 g/mol. The van der Waals surface area contributed by atoms with Crippen LogP contribution in [0.1, 0.15) is 37.0 Å². The number of nitrogen functional groups attached to an aromatic ring is 1. The Kier molecular flexibility index (Phi) is 5.39. The van der Waals surface area contributed by atoms with Crippen LogP contribution in [0, 0.1) is 5.41 Å². The summed E-state index contributed by atoms with van der Waals surface area (Å²) in [6, 6.07) is 4.53. The fourth-order valence-electron chi connectivity index (χ4n) is 1.97. The summed E-state index contributed by atoms with van der Waals surface area (Å²) in [5.74, 6) is -1.29. The van der Waals surface area contributed by atoms with Crippen molar-refractivity contribution >= 4 is 29.2 Å². The Hall–Kier alpha value is -1.75. The average Bonchev–Trinajstić information content (AvgIpc) is 2.38. The number of carboxylic acids is 1. The number of anilines is 1. The number of hydrogen-bond acceptors (Lipinski definition) is 3. The number of benzene rings is 1. The third-order valence-corrected chi connectivity index (χ3v) is 3.80. The summed E-state index contributed by atoms with van der Waals surface area (Å²) in [5.41, 5.74) is 5.38. The summed E-state index contributed by atoms with van der Waals surface area (Å²) in [4.78, 5) is 23.4. The van der Waals surface area contributed by atoms with E-state index in [2.05, 4.69) is 5.32 Å². The van der Waals surface area contributed by atoms with E-state index >= 15 is 0 Å². The zero-order valence-electron chi connectivity index (χ0n) is 11.6. The maximum atomic E-state index is 12.0. The summed E-state index contributed by atoms with van der Waals surface area (Å²) in [6.45, 7) is 3.66. The lowest BCUT2D eigenvalue weighted by Gasteiger charge is -2.26. The summed E-state index contributed by atoms with van der Waals surface area (Å²) in [5, 5.41) is 12.3. The second-order valence-corrected chi connectivity index (χ2v) is 5.18. The summed E-state index contributed by atoms with van der Waals surface area (Å²) in [7, 11) is 0. The molecule has 0 saturated carbocycles. The van der Waals surface area contributed by atoms with E-state index < -0.39 is 11.4 Å². The second kappa shape index (κ2) is 6.61. The van der Waals surface area contributed by atoms with Gasteiger partial charge in [-0.05, 0) is 31.0 Å². The molecule has 0 radical (unpaired) electrons. The van der Waals surface area contributed by atoms with Gasteiger partial charge in [-0.15, -0.1) is 0 Å². The maximum Gasteiger partial charge on any atom is 0.311 e. The van der Waals surface area contributed by atoms with Gasteiger partial charge in [-0.2, -0.15) is 0 Å². The van der Waals surface area contributed by atoms with Gasteiger partial charge in [-0.3, -0.25) is 9.59 Å². The fourth-order valence-corrected chi connectivity index (χ4v) is 2.22. The van der Waals surface area contributed by atoms with E-state index in [1.54, 1.807) is 13.8 Å². The highest BCUT2D eigenvalue weighted by atomic mass is 35.5. The van der Waals surface area contributed by atoms with Crippen molar-refractivity contribution in [2.75, 3.05) is 12.3 Å². The highest BCUT2D eigenvalue weighted by Gasteiger charge is 2.35. The minimum absolute atomic E-state index is 0.0700. The molecular formula is C14H19ClN2O3. The zero-order valence-corrected chi connectivity index (χ0v) is 12.3. The monoisotopic (exact) mass is 298 g/mol. The summed E-state index contributed by atoms with van der Waals surface area (Å²) < 4.78 is 0. The SMILES string of the molecule is CCC(CC)(CNC(=O)c1cc(N)cc(Cl)c1)C(=O)O. The van der Waals surface area contributed by atoms with Gasteiger partial charge in [0.25, 0.3) is 5.91 Å². The Labute approximate surface area is 123 Å². The zero-order chi connectivity index (χ0) is 15.3. The number of carbonyl (C=O) groups excluding carboxylic acids is 1. The van der Waals surface area contributed by atoms with Crippen molar-refractivity contribution in [1.29, 1.82) is 0 Å². The molecule has 1 aromatic carbocycles. The molecule has 0 heterocycles. The van der Waals surface area contributed by atoms with Crippen molar-refractivity contribution in [2.45, 2.75) is 26.7 Å². The smallest absolute Gasteiger partial charge is 0.311 e. The minimum Gasteiger partial charge on any atom is -0.481 e.